The van der Waals surface area contributed by atoms with Crippen LogP contribution in [-0.4, -0.2) is 41.3 Å². The van der Waals surface area contributed by atoms with E-state index in [-0.39, 0.29) is 17.7 Å². The van der Waals surface area contributed by atoms with E-state index in [9.17, 15) is 19.8 Å². The highest BCUT2D eigenvalue weighted by molar-refractivity contribution is 5.97. The first-order chi connectivity index (χ1) is 12.9. The summed E-state index contributed by atoms with van der Waals surface area (Å²) in [6.45, 7) is 4.53. The number of ether oxygens (including phenoxy) is 2. The number of aromatic hydroxyl groups is 1. The molecule has 0 spiro atoms. The van der Waals surface area contributed by atoms with E-state index in [2.05, 4.69) is 5.32 Å². The van der Waals surface area contributed by atoms with Gasteiger partial charge in [0, 0.05) is 12.0 Å². The fourth-order valence-corrected chi connectivity index (χ4v) is 2.50. The summed E-state index contributed by atoms with van der Waals surface area (Å²) in [5.74, 6) is -0.628. The molecule has 0 radical (unpaired) electrons. The molecular formula is C20H23NO6. The van der Waals surface area contributed by atoms with E-state index < -0.39 is 17.9 Å². The number of nitrogens with one attached hydrogen (secondary N) is 1. The highest BCUT2D eigenvalue weighted by Gasteiger charge is 2.22. The Morgan fingerprint density at radius 1 is 1.00 bits per heavy atom. The first-order valence-electron chi connectivity index (χ1n) is 8.65. The van der Waals surface area contributed by atoms with Crippen molar-refractivity contribution in [1.29, 1.82) is 0 Å². The lowest BCUT2D eigenvalue weighted by atomic mass is 10.1. The van der Waals surface area contributed by atoms with Crippen molar-refractivity contribution >= 4 is 11.9 Å². The largest absolute Gasteiger partial charge is 0.508 e. The minimum absolute atomic E-state index is 0.0903. The minimum atomic E-state index is -1.15. The van der Waals surface area contributed by atoms with Crippen LogP contribution in [0.3, 0.4) is 0 Å². The number of amides is 1. The first kappa shape index (κ1) is 20.1. The van der Waals surface area contributed by atoms with Gasteiger partial charge >= 0.3 is 5.97 Å². The Labute approximate surface area is 157 Å². The monoisotopic (exact) mass is 373 g/mol. The van der Waals surface area contributed by atoms with Crippen molar-refractivity contribution in [2.24, 2.45) is 0 Å². The van der Waals surface area contributed by atoms with Gasteiger partial charge in [-0.25, -0.2) is 4.79 Å². The second-order valence-electron chi connectivity index (χ2n) is 5.76. The molecule has 7 nitrogen and oxygen atoms in total. The molecule has 0 aromatic heterocycles. The van der Waals surface area contributed by atoms with E-state index in [4.69, 9.17) is 9.47 Å². The van der Waals surface area contributed by atoms with Crippen LogP contribution in [0.2, 0.25) is 0 Å². The normalized spacial score (nSPS) is 11.5. The lowest BCUT2D eigenvalue weighted by molar-refractivity contribution is -0.139. The van der Waals surface area contributed by atoms with Crippen LogP contribution < -0.4 is 14.8 Å². The number of benzene rings is 2. The van der Waals surface area contributed by atoms with Gasteiger partial charge in [0.2, 0.25) is 0 Å². The number of carbonyl (C=O) groups excluding carboxylic acids is 1. The average Bonchev–Trinajstić information content (AvgIpc) is 2.64. The lowest BCUT2D eigenvalue weighted by Gasteiger charge is -2.16. The smallest absolute Gasteiger partial charge is 0.326 e. The van der Waals surface area contributed by atoms with Crippen molar-refractivity contribution in [3.63, 3.8) is 0 Å². The molecule has 1 unspecified atom stereocenters. The van der Waals surface area contributed by atoms with E-state index in [0.717, 1.165) is 0 Å². The number of carboxylic acid groups (broad SMARTS) is 1. The molecule has 0 bridgehead atoms. The summed E-state index contributed by atoms with van der Waals surface area (Å²) in [5.41, 5.74) is 0.959. The average molecular weight is 373 g/mol. The van der Waals surface area contributed by atoms with E-state index in [0.29, 0.717) is 30.3 Å². The number of aliphatic carboxylic acids is 1. The van der Waals surface area contributed by atoms with Crippen LogP contribution in [0.1, 0.15) is 29.8 Å². The molecule has 2 aromatic rings. The Morgan fingerprint density at radius 2 is 1.63 bits per heavy atom. The summed E-state index contributed by atoms with van der Waals surface area (Å²) in [6.07, 6.45) is 0.0939. The van der Waals surface area contributed by atoms with Gasteiger partial charge in [-0.1, -0.05) is 12.1 Å². The molecule has 0 aliphatic rings. The number of hydrogen-bond donors (Lipinski definition) is 3. The number of phenolic OH excluding ortho intramolecular Hbond substituents is 1. The van der Waals surface area contributed by atoms with Crippen molar-refractivity contribution in [3.8, 4) is 17.2 Å². The van der Waals surface area contributed by atoms with Crippen molar-refractivity contribution in [2.45, 2.75) is 26.3 Å². The van der Waals surface area contributed by atoms with Crippen molar-refractivity contribution in [2.75, 3.05) is 13.2 Å². The number of phenols is 1. The fourth-order valence-electron chi connectivity index (χ4n) is 2.50. The molecule has 0 fully saturated rings. The van der Waals surface area contributed by atoms with Crippen molar-refractivity contribution in [3.05, 3.63) is 53.6 Å². The Kier molecular flexibility index (Phi) is 7.05. The van der Waals surface area contributed by atoms with Gasteiger partial charge in [0.25, 0.3) is 5.91 Å². The second-order valence-corrected chi connectivity index (χ2v) is 5.76. The van der Waals surface area contributed by atoms with Gasteiger partial charge in [-0.05, 0) is 49.7 Å². The van der Waals surface area contributed by atoms with E-state index in [1.807, 2.05) is 13.8 Å². The molecule has 0 saturated carbocycles. The molecular weight excluding hydrogens is 350 g/mol. The zero-order chi connectivity index (χ0) is 19.8. The Morgan fingerprint density at radius 3 is 2.22 bits per heavy atom. The standard InChI is InChI=1S/C20H23NO6/c1-3-26-17-10-7-14(12-18(17)27-4-2)19(23)21-16(20(24)25)11-13-5-8-15(22)9-6-13/h5-10,12,16,22H,3-4,11H2,1-2H3,(H,21,23)(H,24,25). The molecule has 0 heterocycles. The summed E-state index contributed by atoms with van der Waals surface area (Å²) >= 11 is 0. The summed E-state index contributed by atoms with van der Waals surface area (Å²) < 4.78 is 11.0. The van der Waals surface area contributed by atoms with Crippen LogP contribution in [0.4, 0.5) is 0 Å². The van der Waals surface area contributed by atoms with Gasteiger partial charge < -0.3 is 25.0 Å². The predicted octanol–water partition coefficient (Wildman–Crippen LogP) is 2.62. The molecule has 144 valence electrons. The maximum atomic E-state index is 12.5. The van der Waals surface area contributed by atoms with Gasteiger partial charge in [0.1, 0.15) is 11.8 Å². The van der Waals surface area contributed by atoms with Crippen LogP contribution in [0.15, 0.2) is 42.5 Å². The Hall–Kier alpha value is -3.22. The van der Waals surface area contributed by atoms with Crippen LogP contribution in [-0.2, 0) is 11.2 Å². The highest BCUT2D eigenvalue weighted by atomic mass is 16.5. The summed E-state index contributed by atoms with van der Waals surface area (Å²) in [4.78, 5) is 24.1. The van der Waals surface area contributed by atoms with Gasteiger partial charge in [0.15, 0.2) is 11.5 Å². The molecule has 27 heavy (non-hydrogen) atoms. The summed E-state index contributed by atoms with van der Waals surface area (Å²) in [5, 5.41) is 21.3. The van der Waals surface area contributed by atoms with E-state index in [1.165, 1.54) is 18.2 Å². The molecule has 1 amide bonds. The summed E-state index contributed by atoms with van der Waals surface area (Å²) in [7, 11) is 0. The topological polar surface area (TPSA) is 105 Å². The third-order valence-corrected chi connectivity index (χ3v) is 3.79. The number of rotatable bonds is 9. The lowest BCUT2D eigenvalue weighted by Crippen LogP contribution is -2.42. The Balaban J connectivity index is 2.15. The molecule has 2 rings (SSSR count). The van der Waals surface area contributed by atoms with Gasteiger partial charge in [0.05, 0.1) is 13.2 Å². The van der Waals surface area contributed by atoms with Crippen molar-refractivity contribution in [1.82, 2.24) is 5.32 Å². The third kappa shape index (κ3) is 5.64. The second kappa shape index (κ2) is 9.47. The number of hydrogen-bond acceptors (Lipinski definition) is 5. The molecule has 7 heteroatoms. The van der Waals surface area contributed by atoms with Crippen LogP contribution >= 0.6 is 0 Å². The third-order valence-electron chi connectivity index (χ3n) is 3.79. The molecule has 0 saturated heterocycles. The SMILES string of the molecule is CCOc1ccc(C(=O)NC(Cc2ccc(O)cc2)C(=O)O)cc1OCC. The van der Waals surface area contributed by atoms with Crippen LogP contribution in [0, 0.1) is 0 Å². The fraction of sp³-hybridized carbons (Fsp3) is 0.300. The predicted molar refractivity (Wildman–Crippen MR) is 99.5 cm³/mol. The molecule has 0 aliphatic heterocycles. The van der Waals surface area contributed by atoms with E-state index in [1.54, 1.807) is 24.3 Å². The minimum Gasteiger partial charge on any atom is -0.508 e. The Bertz CT molecular complexity index is 788. The zero-order valence-corrected chi connectivity index (χ0v) is 15.3. The number of carbonyl (C=O) groups is 2. The van der Waals surface area contributed by atoms with E-state index >= 15 is 0 Å². The van der Waals surface area contributed by atoms with Gasteiger partial charge in [-0.3, -0.25) is 4.79 Å². The van der Waals surface area contributed by atoms with Gasteiger partial charge in [-0.2, -0.15) is 0 Å². The quantitative estimate of drug-likeness (QED) is 0.624. The highest BCUT2D eigenvalue weighted by Crippen LogP contribution is 2.28. The number of carboxylic acids is 1. The zero-order valence-electron chi connectivity index (χ0n) is 15.3. The summed E-state index contributed by atoms with van der Waals surface area (Å²) in [6, 6.07) is 9.77. The van der Waals surface area contributed by atoms with Crippen molar-refractivity contribution < 1.29 is 29.3 Å². The molecule has 1 atom stereocenters. The van der Waals surface area contributed by atoms with Crippen LogP contribution in [0.5, 0.6) is 17.2 Å². The molecule has 2 aromatic carbocycles. The maximum Gasteiger partial charge on any atom is 0.326 e. The molecule has 3 N–H and O–H groups in total. The first-order valence-corrected chi connectivity index (χ1v) is 8.65. The van der Waals surface area contributed by atoms with Crippen LogP contribution in [0.25, 0.3) is 0 Å². The van der Waals surface area contributed by atoms with Gasteiger partial charge in [-0.15, -0.1) is 0 Å². The molecule has 0 aliphatic carbocycles. The maximum absolute atomic E-state index is 12.5.